The highest BCUT2D eigenvalue weighted by Crippen LogP contribution is 2.17. The summed E-state index contributed by atoms with van der Waals surface area (Å²) in [6.45, 7) is 4.47. The van der Waals surface area contributed by atoms with Crippen LogP contribution < -0.4 is 0 Å². The van der Waals surface area contributed by atoms with E-state index in [0.29, 0.717) is 0 Å². The standard InChI is InChI=1S/C25H33N/c1-3-5-7-9-21-11-13-22(14-12-21)15-17-24-18-16-23(10-8-6-4-2)19-25(24)20-26/h11-14,16,18-19H,3-10,15,17H2,1-2H3. The van der Waals surface area contributed by atoms with E-state index in [-0.39, 0.29) is 0 Å². The summed E-state index contributed by atoms with van der Waals surface area (Å²) in [5.74, 6) is 0. The zero-order valence-corrected chi connectivity index (χ0v) is 16.6. The number of unbranched alkanes of at least 4 members (excludes halogenated alkanes) is 4. The van der Waals surface area contributed by atoms with Gasteiger partial charge in [0.15, 0.2) is 0 Å². The molecule has 0 N–H and O–H groups in total. The van der Waals surface area contributed by atoms with Crippen molar-refractivity contribution in [1.29, 1.82) is 5.26 Å². The minimum Gasteiger partial charge on any atom is -0.192 e. The van der Waals surface area contributed by atoms with Crippen LogP contribution in [-0.4, -0.2) is 0 Å². The Balaban J connectivity index is 1.91. The van der Waals surface area contributed by atoms with Gasteiger partial charge in [0.25, 0.3) is 0 Å². The lowest BCUT2D eigenvalue weighted by molar-refractivity contribution is 0.717. The Bertz CT molecular complexity index is 691. The average Bonchev–Trinajstić information content (AvgIpc) is 2.68. The molecular weight excluding hydrogens is 314 g/mol. The first-order chi connectivity index (χ1) is 12.8. The Kier molecular flexibility index (Phi) is 8.98. The molecule has 2 aromatic rings. The van der Waals surface area contributed by atoms with Gasteiger partial charge in [-0.25, -0.2) is 0 Å². The van der Waals surface area contributed by atoms with Gasteiger partial charge in [0.05, 0.1) is 11.6 Å². The van der Waals surface area contributed by atoms with Crippen LogP contribution in [0.3, 0.4) is 0 Å². The summed E-state index contributed by atoms with van der Waals surface area (Å²) in [6, 6.07) is 17.9. The first kappa shape index (κ1) is 20.2. The lowest BCUT2D eigenvalue weighted by Gasteiger charge is -2.08. The fourth-order valence-electron chi connectivity index (χ4n) is 3.41. The van der Waals surface area contributed by atoms with E-state index in [1.54, 1.807) is 0 Å². The number of nitriles is 1. The molecule has 138 valence electrons. The van der Waals surface area contributed by atoms with E-state index < -0.39 is 0 Å². The molecule has 0 fully saturated rings. The van der Waals surface area contributed by atoms with E-state index in [1.165, 1.54) is 67.2 Å². The largest absolute Gasteiger partial charge is 0.192 e. The van der Waals surface area contributed by atoms with E-state index in [9.17, 15) is 5.26 Å². The summed E-state index contributed by atoms with van der Waals surface area (Å²) in [5, 5.41) is 9.50. The summed E-state index contributed by atoms with van der Waals surface area (Å²) in [5.41, 5.74) is 6.14. The molecular formula is C25H33N. The van der Waals surface area contributed by atoms with Crippen LogP contribution in [0.2, 0.25) is 0 Å². The van der Waals surface area contributed by atoms with Crippen molar-refractivity contribution >= 4 is 0 Å². The molecule has 0 saturated heterocycles. The van der Waals surface area contributed by atoms with Gasteiger partial charge < -0.3 is 0 Å². The molecule has 0 saturated carbocycles. The summed E-state index contributed by atoms with van der Waals surface area (Å²) < 4.78 is 0. The van der Waals surface area contributed by atoms with Crippen LogP contribution in [0, 0.1) is 11.3 Å². The van der Waals surface area contributed by atoms with Crippen LogP contribution in [0.1, 0.15) is 80.2 Å². The second-order valence-corrected chi connectivity index (χ2v) is 7.33. The van der Waals surface area contributed by atoms with E-state index in [4.69, 9.17) is 0 Å². The second kappa shape index (κ2) is 11.5. The number of hydrogen-bond acceptors (Lipinski definition) is 1. The minimum atomic E-state index is 0.857. The molecule has 2 rings (SSSR count). The topological polar surface area (TPSA) is 23.8 Å². The van der Waals surface area contributed by atoms with E-state index in [1.807, 2.05) is 0 Å². The van der Waals surface area contributed by atoms with Crippen molar-refractivity contribution in [2.75, 3.05) is 0 Å². The predicted molar refractivity (Wildman–Crippen MR) is 111 cm³/mol. The molecule has 0 aliphatic heterocycles. The van der Waals surface area contributed by atoms with E-state index in [2.05, 4.69) is 62.4 Å². The number of benzene rings is 2. The van der Waals surface area contributed by atoms with Gasteiger partial charge in [-0.15, -0.1) is 0 Å². The molecule has 0 atom stereocenters. The van der Waals surface area contributed by atoms with Crippen LogP contribution in [0.25, 0.3) is 0 Å². The van der Waals surface area contributed by atoms with Crippen molar-refractivity contribution in [1.82, 2.24) is 0 Å². The molecule has 2 aromatic carbocycles. The zero-order valence-electron chi connectivity index (χ0n) is 16.6. The first-order valence-corrected chi connectivity index (χ1v) is 10.4. The number of nitrogens with zero attached hydrogens (tertiary/aromatic N) is 1. The fraction of sp³-hybridized carbons (Fsp3) is 0.480. The third kappa shape index (κ3) is 6.68. The molecule has 0 bridgehead atoms. The van der Waals surface area contributed by atoms with Crippen LogP contribution in [0.5, 0.6) is 0 Å². The maximum absolute atomic E-state index is 9.50. The quantitative estimate of drug-likeness (QED) is 0.410. The molecule has 0 spiro atoms. The molecule has 0 amide bonds. The Morgan fingerprint density at radius 2 is 1.19 bits per heavy atom. The Labute approximate surface area is 160 Å². The highest BCUT2D eigenvalue weighted by atomic mass is 14.2. The molecule has 1 heteroatoms. The summed E-state index contributed by atoms with van der Waals surface area (Å²) >= 11 is 0. The normalized spacial score (nSPS) is 10.7. The highest BCUT2D eigenvalue weighted by Gasteiger charge is 2.05. The van der Waals surface area contributed by atoms with Crippen molar-refractivity contribution in [3.05, 3.63) is 70.3 Å². The van der Waals surface area contributed by atoms with Crippen molar-refractivity contribution in [3.63, 3.8) is 0 Å². The van der Waals surface area contributed by atoms with Crippen LogP contribution in [-0.2, 0) is 25.7 Å². The summed E-state index contributed by atoms with van der Waals surface area (Å²) in [6.07, 6.45) is 11.8. The first-order valence-electron chi connectivity index (χ1n) is 10.4. The molecule has 0 unspecified atom stereocenters. The maximum atomic E-state index is 9.50. The Morgan fingerprint density at radius 3 is 1.77 bits per heavy atom. The van der Waals surface area contributed by atoms with Gasteiger partial charge in [-0.3, -0.25) is 0 Å². The fourth-order valence-corrected chi connectivity index (χ4v) is 3.41. The maximum Gasteiger partial charge on any atom is 0.0994 e. The summed E-state index contributed by atoms with van der Waals surface area (Å²) in [4.78, 5) is 0. The molecule has 26 heavy (non-hydrogen) atoms. The summed E-state index contributed by atoms with van der Waals surface area (Å²) in [7, 11) is 0. The van der Waals surface area contributed by atoms with E-state index in [0.717, 1.165) is 24.8 Å². The Morgan fingerprint density at radius 1 is 0.654 bits per heavy atom. The lowest BCUT2D eigenvalue weighted by Crippen LogP contribution is -1.97. The van der Waals surface area contributed by atoms with Gasteiger partial charge in [0, 0.05) is 0 Å². The SMILES string of the molecule is CCCCCc1ccc(CCc2ccc(CCCCC)cc2C#N)cc1. The smallest absolute Gasteiger partial charge is 0.0994 e. The van der Waals surface area contributed by atoms with Gasteiger partial charge in [-0.1, -0.05) is 75.9 Å². The van der Waals surface area contributed by atoms with Crippen molar-refractivity contribution in [3.8, 4) is 6.07 Å². The van der Waals surface area contributed by atoms with Crippen molar-refractivity contribution < 1.29 is 0 Å². The molecule has 0 heterocycles. The number of aryl methyl sites for hydroxylation is 4. The third-order valence-corrected chi connectivity index (χ3v) is 5.14. The van der Waals surface area contributed by atoms with Gasteiger partial charge in [0.2, 0.25) is 0 Å². The third-order valence-electron chi connectivity index (χ3n) is 5.14. The molecule has 0 radical (unpaired) electrons. The molecule has 0 aliphatic rings. The van der Waals surface area contributed by atoms with Gasteiger partial charge in [0.1, 0.15) is 0 Å². The molecule has 0 aromatic heterocycles. The van der Waals surface area contributed by atoms with Crippen LogP contribution in [0.15, 0.2) is 42.5 Å². The van der Waals surface area contributed by atoms with Gasteiger partial charge >= 0.3 is 0 Å². The zero-order chi connectivity index (χ0) is 18.6. The molecule has 1 nitrogen and oxygen atoms in total. The average molecular weight is 348 g/mol. The minimum absolute atomic E-state index is 0.857. The highest BCUT2D eigenvalue weighted by molar-refractivity contribution is 5.41. The number of rotatable bonds is 11. The van der Waals surface area contributed by atoms with E-state index >= 15 is 0 Å². The predicted octanol–water partition coefficient (Wildman–Crippen LogP) is 6.81. The van der Waals surface area contributed by atoms with Crippen molar-refractivity contribution in [2.24, 2.45) is 0 Å². The van der Waals surface area contributed by atoms with Crippen molar-refractivity contribution in [2.45, 2.75) is 78.1 Å². The van der Waals surface area contributed by atoms with Gasteiger partial charge in [-0.2, -0.15) is 5.26 Å². The van der Waals surface area contributed by atoms with Gasteiger partial charge in [-0.05, 0) is 66.8 Å². The monoisotopic (exact) mass is 347 g/mol. The van der Waals surface area contributed by atoms with Crippen LogP contribution in [0.4, 0.5) is 0 Å². The molecule has 0 aliphatic carbocycles. The Hall–Kier alpha value is -2.07. The number of hydrogen-bond donors (Lipinski definition) is 0. The lowest BCUT2D eigenvalue weighted by atomic mass is 9.96. The van der Waals surface area contributed by atoms with Crippen LogP contribution >= 0.6 is 0 Å². The second-order valence-electron chi connectivity index (χ2n) is 7.33.